The van der Waals surface area contributed by atoms with E-state index in [9.17, 15) is 0 Å². The van der Waals surface area contributed by atoms with E-state index in [4.69, 9.17) is 15.9 Å². The molecule has 4 heteroatoms. The third-order valence-electron chi connectivity index (χ3n) is 6.21. The number of rotatable bonds is 2. The van der Waals surface area contributed by atoms with Crippen molar-refractivity contribution in [3.8, 4) is 0 Å². The summed E-state index contributed by atoms with van der Waals surface area (Å²) in [5, 5.41) is 8.13. The minimum absolute atomic E-state index is 0.0188. The fraction of sp³-hybridized carbons (Fsp3) is 0.941. The Morgan fingerprint density at radius 2 is 1.48 bits per heavy atom. The van der Waals surface area contributed by atoms with E-state index in [2.05, 4.69) is 4.90 Å². The zero-order valence-corrected chi connectivity index (χ0v) is 13.3. The Labute approximate surface area is 128 Å². The van der Waals surface area contributed by atoms with Gasteiger partial charge in [0.2, 0.25) is 0 Å². The van der Waals surface area contributed by atoms with E-state index >= 15 is 0 Å². The normalized spacial score (nSPS) is 28.5. The van der Waals surface area contributed by atoms with E-state index in [1.165, 1.54) is 64.2 Å². The summed E-state index contributed by atoms with van der Waals surface area (Å²) in [6.07, 6.45) is 13.3. The van der Waals surface area contributed by atoms with Crippen LogP contribution in [0.15, 0.2) is 0 Å². The number of nitrogens with two attached hydrogens (primary N) is 1. The first-order valence-electron chi connectivity index (χ1n) is 8.94. The number of hydrogen-bond acceptors (Lipinski definition) is 2. The fourth-order valence-electron chi connectivity index (χ4n) is 5.24. The zero-order valence-electron chi connectivity index (χ0n) is 13.3. The van der Waals surface area contributed by atoms with Gasteiger partial charge in [-0.15, -0.1) is 0 Å². The van der Waals surface area contributed by atoms with Crippen LogP contribution in [0.3, 0.4) is 0 Å². The number of nitrogens with one attached hydrogen (secondary N) is 1. The summed E-state index contributed by atoms with van der Waals surface area (Å²) in [7, 11) is 0. The maximum Gasteiger partial charge on any atom is 0.189 e. The second-order valence-electron chi connectivity index (χ2n) is 7.25. The lowest BCUT2D eigenvalue weighted by atomic mass is 9.63. The van der Waals surface area contributed by atoms with Crippen molar-refractivity contribution in [1.29, 1.82) is 5.41 Å². The summed E-state index contributed by atoms with van der Waals surface area (Å²) in [4.78, 5) is 2.24. The van der Waals surface area contributed by atoms with Crippen molar-refractivity contribution < 1.29 is 4.74 Å². The molecule has 0 atom stereocenters. The maximum atomic E-state index is 8.13. The Kier molecular flexibility index (Phi) is 4.72. The molecule has 0 aromatic rings. The van der Waals surface area contributed by atoms with Crippen LogP contribution in [-0.4, -0.2) is 36.2 Å². The predicted molar refractivity (Wildman–Crippen MR) is 85.3 cm³/mol. The smallest absolute Gasteiger partial charge is 0.189 e. The first-order chi connectivity index (χ1) is 10.2. The minimum atomic E-state index is 0.0188. The highest BCUT2D eigenvalue weighted by atomic mass is 16.5. The van der Waals surface area contributed by atoms with Crippen molar-refractivity contribution >= 4 is 5.96 Å². The SMILES string of the molecule is N=C(N)N1CCOCC1(C1CCCCC1)C1CCCCC1. The summed E-state index contributed by atoms with van der Waals surface area (Å²) >= 11 is 0. The van der Waals surface area contributed by atoms with Crippen LogP contribution in [-0.2, 0) is 4.74 Å². The molecule has 3 aliphatic rings. The molecule has 3 N–H and O–H groups in total. The van der Waals surface area contributed by atoms with Crippen LogP contribution >= 0.6 is 0 Å². The van der Waals surface area contributed by atoms with Gasteiger partial charge in [-0.3, -0.25) is 5.41 Å². The molecule has 21 heavy (non-hydrogen) atoms. The van der Waals surface area contributed by atoms with Crippen molar-refractivity contribution in [2.45, 2.75) is 69.7 Å². The van der Waals surface area contributed by atoms with Gasteiger partial charge in [0.05, 0.1) is 18.8 Å². The molecule has 0 aromatic carbocycles. The van der Waals surface area contributed by atoms with Gasteiger partial charge in [-0.1, -0.05) is 38.5 Å². The molecule has 4 nitrogen and oxygen atoms in total. The molecule has 120 valence electrons. The van der Waals surface area contributed by atoms with Gasteiger partial charge in [0.25, 0.3) is 0 Å². The highest BCUT2D eigenvalue weighted by molar-refractivity contribution is 5.75. The van der Waals surface area contributed by atoms with Gasteiger partial charge >= 0.3 is 0 Å². The average molecular weight is 293 g/mol. The van der Waals surface area contributed by atoms with Crippen LogP contribution in [0, 0.1) is 17.2 Å². The molecule has 0 amide bonds. The van der Waals surface area contributed by atoms with Crippen LogP contribution in [0.1, 0.15) is 64.2 Å². The first kappa shape index (κ1) is 15.1. The van der Waals surface area contributed by atoms with Crippen LogP contribution in [0.25, 0.3) is 0 Å². The largest absolute Gasteiger partial charge is 0.377 e. The Hall–Kier alpha value is -0.770. The third kappa shape index (κ3) is 2.79. The molecule has 0 unspecified atom stereocenters. The lowest BCUT2D eigenvalue weighted by molar-refractivity contribution is -0.110. The average Bonchev–Trinajstić information content (AvgIpc) is 2.56. The molecule has 1 saturated heterocycles. The molecule has 3 rings (SSSR count). The second-order valence-corrected chi connectivity index (χ2v) is 7.25. The third-order valence-corrected chi connectivity index (χ3v) is 6.21. The van der Waals surface area contributed by atoms with Gasteiger partial charge < -0.3 is 15.4 Å². The Morgan fingerprint density at radius 1 is 0.952 bits per heavy atom. The number of nitrogens with zero attached hydrogens (tertiary/aromatic N) is 1. The molecule has 0 spiro atoms. The fourth-order valence-corrected chi connectivity index (χ4v) is 5.24. The van der Waals surface area contributed by atoms with Gasteiger partial charge in [-0.2, -0.15) is 0 Å². The second kappa shape index (κ2) is 6.55. The summed E-state index contributed by atoms with van der Waals surface area (Å²) in [5.41, 5.74) is 6.03. The van der Waals surface area contributed by atoms with Gasteiger partial charge in [-0.25, -0.2) is 0 Å². The van der Waals surface area contributed by atoms with Crippen molar-refractivity contribution in [2.24, 2.45) is 17.6 Å². The van der Waals surface area contributed by atoms with E-state index < -0.39 is 0 Å². The highest BCUT2D eigenvalue weighted by Gasteiger charge is 2.52. The van der Waals surface area contributed by atoms with Gasteiger partial charge in [0, 0.05) is 6.54 Å². The molecule has 2 saturated carbocycles. The van der Waals surface area contributed by atoms with Gasteiger partial charge in [0.15, 0.2) is 5.96 Å². The lowest BCUT2D eigenvalue weighted by Crippen LogP contribution is -2.68. The summed E-state index contributed by atoms with van der Waals surface area (Å²) in [6, 6.07) is 0. The lowest BCUT2D eigenvalue weighted by Gasteiger charge is -2.57. The van der Waals surface area contributed by atoms with Crippen molar-refractivity contribution in [2.75, 3.05) is 19.8 Å². The first-order valence-corrected chi connectivity index (χ1v) is 8.94. The number of morpholine rings is 1. The van der Waals surface area contributed by atoms with E-state index in [0.717, 1.165) is 19.8 Å². The Morgan fingerprint density at radius 3 is 1.95 bits per heavy atom. The monoisotopic (exact) mass is 293 g/mol. The van der Waals surface area contributed by atoms with E-state index in [1.54, 1.807) is 0 Å². The minimum Gasteiger partial charge on any atom is -0.377 e. The molecular weight excluding hydrogens is 262 g/mol. The van der Waals surface area contributed by atoms with Gasteiger partial charge in [0.1, 0.15) is 0 Å². The molecule has 0 bridgehead atoms. The van der Waals surface area contributed by atoms with Crippen LogP contribution in [0.2, 0.25) is 0 Å². The van der Waals surface area contributed by atoms with Crippen molar-refractivity contribution in [3.63, 3.8) is 0 Å². The molecule has 0 radical (unpaired) electrons. The van der Waals surface area contributed by atoms with Crippen molar-refractivity contribution in [1.82, 2.24) is 4.90 Å². The maximum absolute atomic E-state index is 8.13. The summed E-state index contributed by atoms with van der Waals surface area (Å²) in [5.74, 6) is 1.60. The Bertz CT molecular complexity index is 341. The Balaban J connectivity index is 1.92. The van der Waals surface area contributed by atoms with E-state index in [-0.39, 0.29) is 11.5 Å². The van der Waals surface area contributed by atoms with Crippen LogP contribution in [0.4, 0.5) is 0 Å². The predicted octanol–water partition coefficient (Wildman–Crippen LogP) is 3.11. The van der Waals surface area contributed by atoms with Crippen molar-refractivity contribution in [3.05, 3.63) is 0 Å². The molecule has 3 fully saturated rings. The zero-order chi connectivity index (χ0) is 14.7. The van der Waals surface area contributed by atoms with Gasteiger partial charge in [-0.05, 0) is 37.5 Å². The van der Waals surface area contributed by atoms with Crippen LogP contribution < -0.4 is 5.73 Å². The number of ether oxygens (including phenoxy) is 1. The summed E-state index contributed by atoms with van der Waals surface area (Å²) < 4.78 is 5.98. The quantitative estimate of drug-likeness (QED) is 0.607. The highest BCUT2D eigenvalue weighted by Crippen LogP contribution is 2.47. The molecule has 2 aliphatic carbocycles. The molecular formula is C17H31N3O. The van der Waals surface area contributed by atoms with Crippen LogP contribution in [0.5, 0.6) is 0 Å². The van der Waals surface area contributed by atoms with E-state index in [0.29, 0.717) is 11.8 Å². The molecule has 1 aliphatic heterocycles. The molecule has 0 aromatic heterocycles. The summed E-state index contributed by atoms with van der Waals surface area (Å²) in [6.45, 7) is 2.32. The number of guanidine groups is 1. The number of hydrogen-bond donors (Lipinski definition) is 2. The topological polar surface area (TPSA) is 62.3 Å². The standard InChI is InChI=1S/C17H31N3O/c18-16(19)20-11-12-21-13-17(20,14-7-3-1-4-8-14)15-9-5-2-6-10-15/h14-15H,1-13H2,(H3,18,19). The molecule has 1 heterocycles. The van der Waals surface area contributed by atoms with E-state index in [1.807, 2.05) is 0 Å².